The van der Waals surface area contributed by atoms with Gasteiger partial charge in [-0.05, 0) is 48.6 Å². The number of allylic oxidation sites excluding steroid dienone is 1. The zero-order chi connectivity index (χ0) is 31.0. The molecule has 5 rings (SSSR count). The van der Waals surface area contributed by atoms with Crippen molar-refractivity contribution in [3.63, 3.8) is 0 Å². The average Bonchev–Trinajstić information content (AvgIpc) is 3.03. The molecule has 1 saturated heterocycles. The van der Waals surface area contributed by atoms with E-state index in [0.29, 0.717) is 59.6 Å². The molecular weight excluding hydrogens is 542 g/mol. The molecule has 0 radical (unpaired) electrons. The highest BCUT2D eigenvalue weighted by molar-refractivity contribution is 5.96. The van der Waals surface area contributed by atoms with Crippen LogP contribution >= 0.6 is 0 Å². The molecule has 2 atom stereocenters. The number of amides is 2. The maximum atomic E-state index is 14.1. The van der Waals surface area contributed by atoms with Crippen LogP contribution in [0.4, 0.5) is 0 Å². The summed E-state index contributed by atoms with van der Waals surface area (Å²) < 4.78 is 16.6. The third kappa shape index (κ3) is 7.86. The van der Waals surface area contributed by atoms with E-state index in [1.165, 1.54) is 37.7 Å². The second kappa shape index (κ2) is 15.3. The Labute approximate surface area is 259 Å². The van der Waals surface area contributed by atoms with Crippen LogP contribution in [0.3, 0.4) is 0 Å². The van der Waals surface area contributed by atoms with Crippen LogP contribution in [0.2, 0.25) is 0 Å². The number of hydrogen-bond donors (Lipinski definition) is 0. The first-order chi connectivity index (χ1) is 20.7. The van der Waals surface area contributed by atoms with E-state index in [-0.39, 0.29) is 5.91 Å². The molecule has 1 saturated carbocycles. The minimum atomic E-state index is -0.0350. The second-order valence-corrected chi connectivity index (χ2v) is 13.2. The summed E-state index contributed by atoms with van der Waals surface area (Å²) in [6.07, 6.45) is 12.6. The number of nitrogens with zero attached hydrogens (tertiary/aromatic N) is 3. The summed E-state index contributed by atoms with van der Waals surface area (Å²) >= 11 is 0. The van der Waals surface area contributed by atoms with E-state index < -0.39 is 0 Å². The van der Waals surface area contributed by atoms with Crippen molar-refractivity contribution in [2.45, 2.75) is 78.6 Å². The van der Waals surface area contributed by atoms with Crippen molar-refractivity contribution in [1.29, 1.82) is 0 Å². The van der Waals surface area contributed by atoms with Gasteiger partial charge < -0.3 is 24.0 Å². The van der Waals surface area contributed by atoms with E-state index in [0.717, 1.165) is 57.9 Å². The molecule has 43 heavy (non-hydrogen) atoms. The van der Waals surface area contributed by atoms with E-state index in [4.69, 9.17) is 14.2 Å². The third-order valence-corrected chi connectivity index (χ3v) is 10.3. The number of unbranched alkanes of at least 4 members (excludes halogenated alkanes) is 5. The first-order valence-electron chi connectivity index (χ1n) is 16.5. The van der Waals surface area contributed by atoms with Gasteiger partial charge in [-0.2, -0.15) is 0 Å². The van der Waals surface area contributed by atoms with Crippen molar-refractivity contribution < 1.29 is 23.8 Å². The van der Waals surface area contributed by atoms with E-state index in [9.17, 15) is 9.59 Å². The summed E-state index contributed by atoms with van der Waals surface area (Å²) in [7, 11) is 4.71. The number of rotatable bonds is 16. The highest BCUT2D eigenvalue weighted by Crippen LogP contribution is 2.59. The Balaban J connectivity index is 1.38. The van der Waals surface area contributed by atoms with E-state index in [1.54, 1.807) is 33.5 Å². The number of hydrogen-bond acceptors (Lipinski definition) is 6. The predicted octanol–water partition coefficient (Wildman–Crippen LogP) is 6.04. The Bertz CT molecular complexity index is 1100. The lowest BCUT2D eigenvalue weighted by atomic mass is 9.49. The van der Waals surface area contributed by atoms with Crippen LogP contribution in [0.1, 0.15) is 88.9 Å². The molecule has 8 heteroatoms. The van der Waals surface area contributed by atoms with Crippen molar-refractivity contribution in [2.75, 3.05) is 67.1 Å². The van der Waals surface area contributed by atoms with Crippen LogP contribution in [0, 0.1) is 17.3 Å². The minimum absolute atomic E-state index is 0.0350. The first-order valence-corrected chi connectivity index (χ1v) is 16.5. The summed E-state index contributed by atoms with van der Waals surface area (Å²) in [5.74, 6) is 2.98. The lowest BCUT2D eigenvalue weighted by Gasteiger charge is -2.57. The zero-order valence-corrected chi connectivity index (χ0v) is 27.6. The van der Waals surface area contributed by atoms with Crippen molar-refractivity contribution in [1.82, 2.24) is 14.7 Å². The van der Waals surface area contributed by atoms with Gasteiger partial charge in [-0.1, -0.05) is 64.5 Å². The fourth-order valence-electron chi connectivity index (χ4n) is 7.21. The van der Waals surface area contributed by atoms with E-state index >= 15 is 0 Å². The van der Waals surface area contributed by atoms with Gasteiger partial charge in [0.2, 0.25) is 11.7 Å². The van der Waals surface area contributed by atoms with Gasteiger partial charge in [-0.15, -0.1) is 0 Å². The Morgan fingerprint density at radius 3 is 2.16 bits per heavy atom. The van der Waals surface area contributed by atoms with Crippen LogP contribution in [-0.2, 0) is 4.79 Å². The summed E-state index contributed by atoms with van der Waals surface area (Å²) in [6, 6.07) is 3.51. The van der Waals surface area contributed by atoms with Crippen molar-refractivity contribution in [3.05, 3.63) is 29.3 Å². The van der Waals surface area contributed by atoms with Gasteiger partial charge in [0.15, 0.2) is 11.5 Å². The monoisotopic (exact) mass is 597 g/mol. The number of methoxy groups -OCH3 is 3. The lowest BCUT2D eigenvalue weighted by Crippen LogP contribution is -2.52. The molecule has 240 valence electrons. The van der Waals surface area contributed by atoms with Crippen molar-refractivity contribution >= 4 is 11.8 Å². The van der Waals surface area contributed by atoms with Gasteiger partial charge in [0.05, 0.1) is 21.3 Å². The maximum Gasteiger partial charge on any atom is 0.254 e. The van der Waals surface area contributed by atoms with Crippen LogP contribution in [0.25, 0.3) is 0 Å². The second-order valence-electron chi connectivity index (χ2n) is 13.2. The molecule has 2 bridgehead atoms. The summed E-state index contributed by atoms with van der Waals surface area (Å²) in [5.41, 5.74) is 2.21. The van der Waals surface area contributed by atoms with Gasteiger partial charge in [0.25, 0.3) is 5.91 Å². The molecule has 4 aliphatic rings. The van der Waals surface area contributed by atoms with Gasteiger partial charge in [-0.25, -0.2) is 0 Å². The quantitative estimate of drug-likeness (QED) is 0.171. The molecular formula is C35H55N3O5. The molecule has 1 heterocycles. The molecule has 1 aromatic rings. The lowest BCUT2D eigenvalue weighted by molar-refractivity contribution is -0.133. The fraction of sp³-hybridized carbons (Fsp3) is 0.714. The SMILES string of the molecule is CCCCCCCCC(=O)N1CCN(CCN(CC2=CCC3CC2C3(C)C)C(=O)c2cc(OC)c(OC)c(OC)c2)CC1. The molecule has 0 spiro atoms. The molecule has 2 fully saturated rings. The third-order valence-electron chi connectivity index (χ3n) is 10.3. The first kappa shape index (κ1) is 33.2. The number of carbonyl (C=O) groups excluding carboxylic acids is 2. The van der Waals surface area contributed by atoms with Crippen LogP contribution in [0.5, 0.6) is 17.2 Å². The number of piperazine rings is 1. The molecule has 1 aliphatic heterocycles. The van der Waals surface area contributed by atoms with Gasteiger partial charge in [0.1, 0.15) is 0 Å². The Morgan fingerprint density at radius 2 is 1.58 bits per heavy atom. The Hall–Kier alpha value is -2.74. The van der Waals surface area contributed by atoms with Gasteiger partial charge >= 0.3 is 0 Å². The van der Waals surface area contributed by atoms with Crippen LogP contribution in [0.15, 0.2) is 23.8 Å². The maximum absolute atomic E-state index is 14.1. The van der Waals surface area contributed by atoms with Gasteiger partial charge in [0, 0.05) is 57.8 Å². The molecule has 0 aromatic heterocycles. The molecule has 8 nitrogen and oxygen atoms in total. The van der Waals surface area contributed by atoms with Crippen molar-refractivity contribution in [3.8, 4) is 17.2 Å². The molecule has 2 unspecified atom stereocenters. The molecule has 1 aromatic carbocycles. The van der Waals surface area contributed by atoms with Crippen LogP contribution in [-0.4, -0.2) is 93.7 Å². The fourth-order valence-corrected chi connectivity index (χ4v) is 7.21. The largest absolute Gasteiger partial charge is 0.493 e. The normalized spacial score (nSPS) is 21.1. The highest BCUT2D eigenvalue weighted by Gasteiger charge is 2.51. The van der Waals surface area contributed by atoms with Crippen LogP contribution < -0.4 is 14.2 Å². The smallest absolute Gasteiger partial charge is 0.254 e. The van der Waals surface area contributed by atoms with E-state index in [1.807, 2.05) is 9.80 Å². The molecule has 2 amide bonds. The highest BCUT2D eigenvalue weighted by atomic mass is 16.5. The Morgan fingerprint density at radius 1 is 0.930 bits per heavy atom. The predicted molar refractivity (Wildman–Crippen MR) is 171 cm³/mol. The number of fused-ring (bicyclic) bond motifs is 1. The molecule has 3 aliphatic carbocycles. The number of carbonyl (C=O) groups is 2. The average molecular weight is 598 g/mol. The summed E-state index contributed by atoms with van der Waals surface area (Å²) in [6.45, 7) is 12.2. The number of benzene rings is 1. The standard InChI is InChI=1S/C35H55N3O5/c1-7-8-9-10-11-12-13-32(39)37-19-16-36(17-20-37)18-21-38(25-26-14-15-28-24-29(26)35(28,2)3)34(40)27-22-30(41-4)33(43-6)31(23-27)42-5/h14,22-23,28-29H,7-13,15-21,24-25H2,1-6H3. The number of ether oxygens (including phenoxy) is 3. The summed E-state index contributed by atoms with van der Waals surface area (Å²) in [5, 5.41) is 0. The zero-order valence-electron chi connectivity index (χ0n) is 27.6. The van der Waals surface area contributed by atoms with E-state index in [2.05, 4.69) is 31.7 Å². The van der Waals surface area contributed by atoms with Gasteiger partial charge in [-0.3, -0.25) is 14.5 Å². The Kier molecular flexibility index (Phi) is 11.8. The molecule has 0 N–H and O–H groups in total. The van der Waals surface area contributed by atoms with Crippen molar-refractivity contribution in [2.24, 2.45) is 17.3 Å². The minimum Gasteiger partial charge on any atom is -0.493 e. The topological polar surface area (TPSA) is 71.6 Å². The summed E-state index contributed by atoms with van der Waals surface area (Å²) in [4.78, 5) is 33.3.